The van der Waals surface area contributed by atoms with Crippen molar-refractivity contribution in [2.24, 2.45) is 10.8 Å². The zero-order chi connectivity index (χ0) is 28.1. The number of hydrazone groups is 1. The van der Waals surface area contributed by atoms with Gasteiger partial charge in [-0.2, -0.15) is 0 Å². The molecule has 2 aromatic rings. The number of hydrogen-bond acceptors (Lipinski definition) is 8. The van der Waals surface area contributed by atoms with Crippen LogP contribution in [0.5, 0.6) is 23.0 Å². The van der Waals surface area contributed by atoms with Gasteiger partial charge in [0.15, 0.2) is 16.5 Å². The molecule has 0 atom stereocenters. The van der Waals surface area contributed by atoms with Gasteiger partial charge in [0.1, 0.15) is 10.9 Å². The average Bonchev–Trinajstić information content (AvgIpc) is 2.92. The SMILES string of the molecule is COC(=O)N(CCCCNC(N)=N[N+](=O)[O-])c1cc(/C=C\c2cc(OC)c(OC)c(OC)c2)ccc1OC. The standard InChI is InChI=1S/C25H33N5O8/c1-34-20-11-10-17(8-9-18-15-21(35-2)23(37-4)22(16-18)36-3)14-19(20)29(25(31)38-5)13-7-6-12-27-24(26)28-30(32)33/h8-11,14-16H,6-7,12-13H2,1-5H3,(H3,26,27,28)/b9-8-. The molecule has 0 fully saturated rings. The van der Waals surface area contributed by atoms with Crippen molar-refractivity contribution in [1.82, 2.24) is 5.32 Å². The lowest BCUT2D eigenvalue weighted by molar-refractivity contribution is -0.485. The van der Waals surface area contributed by atoms with Gasteiger partial charge in [0.25, 0.3) is 5.96 Å². The lowest BCUT2D eigenvalue weighted by Gasteiger charge is -2.23. The minimum Gasteiger partial charge on any atom is -0.495 e. The molecule has 0 heterocycles. The number of hydrogen-bond donors (Lipinski definition) is 2. The van der Waals surface area contributed by atoms with Crippen LogP contribution in [0.15, 0.2) is 35.4 Å². The molecular formula is C25H33N5O8. The summed E-state index contributed by atoms with van der Waals surface area (Å²) in [5.74, 6) is 1.75. The van der Waals surface area contributed by atoms with Crippen molar-refractivity contribution in [3.63, 3.8) is 0 Å². The third-order valence-corrected chi connectivity index (χ3v) is 5.35. The Kier molecular flexibility index (Phi) is 11.5. The van der Waals surface area contributed by atoms with E-state index in [9.17, 15) is 14.9 Å². The monoisotopic (exact) mass is 531 g/mol. The van der Waals surface area contributed by atoms with Crippen LogP contribution in [0.25, 0.3) is 12.2 Å². The molecule has 206 valence electrons. The number of nitrogens with two attached hydrogens (primary N) is 1. The van der Waals surface area contributed by atoms with Crippen LogP contribution < -0.4 is 34.9 Å². The summed E-state index contributed by atoms with van der Waals surface area (Å²) in [7, 11) is 7.45. The predicted octanol–water partition coefficient (Wildman–Crippen LogP) is 3.34. The molecule has 0 aliphatic rings. The molecule has 3 N–H and O–H groups in total. The Balaban J connectivity index is 2.26. The van der Waals surface area contributed by atoms with E-state index in [0.29, 0.717) is 54.6 Å². The van der Waals surface area contributed by atoms with E-state index in [1.807, 2.05) is 36.4 Å². The van der Waals surface area contributed by atoms with E-state index < -0.39 is 11.1 Å². The Labute approximate surface area is 220 Å². The third kappa shape index (κ3) is 8.18. The lowest BCUT2D eigenvalue weighted by atomic mass is 10.1. The fourth-order valence-electron chi connectivity index (χ4n) is 3.57. The number of rotatable bonds is 13. The summed E-state index contributed by atoms with van der Waals surface area (Å²) in [5, 5.41) is 15.1. The summed E-state index contributed by atoms with van der Waals surface area (Å²) in [6.07, 6.45) is 4.30. The number of anilines is 1. The molecule has 0 bridgehead atoms. The first kappa shape index (κ1) is 29.5. The fourth-order valence-corrected chi connectivity index (χ4v) is 3.57. The lowest BCUT2D eigenvalue weighted by Crippen LogP contribution is -2.35. The zero-order valence-electron chi connectivity index (χ0n) is 22.1. The van der Waals surface area contributed by atoms with E-state index in [4.69, 9.17) is 29.4 Å². The molecule has 0 aromatic heterocycles. The molecule has 2 rings (SSSR count). The summed E-state index contributed by atoms with van der Waals surface area (Å²) in [6, 6.07) is 9.06. The highest BCUT2D eigenvalue weighted by Crippen LogP contribution is 2.39. The van der Waals surface area contributed by atoms with Crippen molar-refractivity contribution in [1.29, 1.82) is 0 Å². The molecule has 0 aliphatic carbocycles. The highest BCUT2D eigenvalue weighted by Gasteiger charge is 2.20. The van der Waals surface area contributed by atoms with Crippen molar-refractivity contribution in [3.8, 4) is 23.0 Å². The number of ether oxygens (including phenoxy) is 5. The second-order valence-corrected chi connectivity index (χ2v) is 7.70. The van der Waals surface area contributed by atoms with E-state index in [1.165, 1.54) is 19.1 Å². The Morgan fingerprint density at radius 1 is 0.974 bits per heavy atom. The maximum Gasteiger partial charge on any atom is 0.414 e. The van der Waals surface area contributed by atoms with E-state index in [2.05, 4.69) is 10.4 Å². The second-order valence-electron chi connectivity index (χ2n) is 7.70. The molecule has 0 aliphatic heterocycles. The van der Waals surface area contributed by atoms with E-state index >= 15 is 0 Å². The Bertz CT molecular complexity index is 1140. The first-order chi connectivity index (χ1) is 18.3. The molecule has 0 saturated carbocycles. The van der Waals surface area contributed by atoms with Gasteiger partial charge in [-0.1, -0.05) is 18.2 Å². The number of unbranched alkanes of at least 4 members (excludes halogenated alkanes) is 1. The summed E-state index contributed by atoms with van der Waals surface area (Å²) < 4.78 is 26.7. The number of methoxy groups -OCH3 is 5. The van der Waals surface area contributed by atoms with E-state index in [0.717, 1.165) is 11.1 Å². The summed E-state index contributed by atoms with van der Waals surface area (Å²) >= 11 is 0. The Hall–Kier alpha value is -4.68. The maximum absolute atomic E-state index is 12.6. The van der Waals surface area contributed by atoms with Gasteiger partial charge in [0.05, 0.1) is 41.2 Å². The number of benzene rings is 2. The molecule has 2 aromatic carbocycles. The highest BCUT2D eigenvalue weighted by atomic mass is 16.7. The number of amides is 1. The van der Waals surface area contributed by atoms with Gasteiger partial charge in [-0.05, 0) is 48.2 Å². The normalized spacial score (nSPS) is 11.1. The quantitative estimate of drug-likeness (QED) is 0.0979. The zero-order valence-corrected chi connectivity index (χ0v) is 22.1. The number of carbonyl (C=O) groups excluding carboxylic acids is 1. The van der Waals surface area contributed by atoms with Crippen LogP contribution in [-0.2, 0) is 4.74 Å². The summed E-state index contributed by atoms with van der Waals surface area (Å²) in [5.41, 5.74) is 7.55. The minimum atomic E-state index is -0.878. The van der Waals surface area contributed by atoms with Crippen LogP contribution in [0.4, 0.5) is 10.5 Å². The van der Waals surface area contributed by atoms with Gasteiger partial charge >= 0.3 is 6.09 Å². The minimum absolute atomic E-state index is 0.284. The molecule has 1 amide bonds. The van der Waals surface area contributed by atoms with Gasteiger partial charge in [0.2, 0.25) is 5.75 Å². The first-order valence-corrected chi connectivity index (χ1v) is 11.5. The fraction of sp³-hybridized carbons (Fsp3) is 0.360. The molecule has 13 nitrogen and oxygen atoms in total. The van der Waals surface area contributed by atoms with Crippen molar-refractivity contribution in [2.75, 3.05) is 53.5 Å². The van der Waals surface area contributed by atoms with E-state index in [1.54, 1.807) is 27.4 Å². The number of nitro groups is 1. The van der Waals surface area contributed by atoms with Crippen LogP contribution in [0, 0.1) is 10.1 Å². The van der Waals surface area contributed by atoms with Gasteiger partial charge < -0.3 is 34.7 Å². The molecule has 13 heteroatoms. The third-order valence-electron chi connectivity index (χ3n) is 5.35. The number of nitrogens with one attached hydrogen (secondary N) is 1. The molecule has 0 spiro atoms. The highest BCUT2D eigenvalue weighted by molar-refractivity contribution is 5.90. The van der Waals surface area contributed by atoms with Gasteiger partial charge in [-0.3, -0.25) is 4.90 Å². The van der Waals surface area contributed by atoms with Crippen LogP contribution in [0.3, 0.4) is 0 Å². The van der Waals surface area contributed by atoms with Crippen molar-refractivity contribution in [2.45, 2.75) is 12.8 Å². The Morgan fingerprint density at radius 3 is 2.16 bits per heavy atom. The van der Waals surface area contributed by atoms with Gasteiger partial charge in [0, 0.05) is 13.1 Å². The second kappa shape index (κ2) is 14.8. The average molecular weight is 532 g/mol. The molecule has 0 unspecified atom stereocenters. The van der Waals surface area contributed by atoms with Crippen LogP contribution >= 0.6 is 0 Å². The number of carbonyl (C=O) groups is 1. The van der Waals surface area contributed by atoms with E-state index in [-0.39, 0.29) is 5.96 Å². The van der Waals surface area contributed by atoms with Crippen molar-refractivity contribution >= 4 is 29.9 Å². The van der Waals surface area contributed by atoms with Crippen molar-refractivity contribution < 1.29 is 33.5 Å². The van der Waals surface area contributed by atoms with Crippen molar-refractivity contribution in [3.05, 3.63) is 51.6 Å². The summed E-state index contributed by atoms with van der Waals surface area (Å²) in [6.45, 7) is 0.643. The first-order valence-electron chi connectivity index (χ1n) is 11.5. The van der Waals surface area contributed by atoms with Crippen LogP contribution in [0.2, 0.25) is 0 Å². The topological polar surface area (TPSA) is 160 Å². The molecule has 0 saturated heterocycles. The largest absolute Gasteiger partial charge is 0.495 e. The number of nitrogens with zero attached hydrogens (tertiary/aromatic N) is 3. The molecular weight excluding hydrogens is 498 g/mol. The smallest absolute Gasteiger partial charge is 0.414 e. The van der Waals surface area contributed by atoms with Gasteiger partial charge in [-0.15, -0.1) is 0 Å². The predicted molar refractivity (Wildman–Crippen MR) is 144 cm³/mol. The maximum atomic E-state index is 12.6. The number of guanidine groups is 1. The Morgan fingerprint density at radius 2 is 1.61 bits per heavy atom. The molecule has 38 heavy (non-hydrogen) atoms. The summed E-state index contributed by atoms with van der Waals surface area (Å²) in [4.78, 5) is 24.4. The van der Waals surface area contributed by atoms with Gasteiger partial charge in [-0.25, -0.2) is 14.9 Å². The van der Waals surface area contributed by atoms with Crippen LogP contribution in [0.1, 0.15) is 24.0 Å². The van der Waals surface area contributed by atoms with Crippen LogP contribution in [-0.4, -0.2) is 65.7 Å². The molecule has 0 radical (unpaired) electrons.